The standard InChI is InChI=1S/C16H16O6S/c1-19-12-3-5-13(6-4-12)22-23(17,18)14-7-8-15-16(11-14)21-10-2-9-20-15/h3-8,11H,2,9-10H2,1H3. The van der Waals surface area contributed by atoms with Crippen molar-refractivity contribution >= 4 is 10.1 Å². The van der Waals surface area contributed by atoms with Crippen molar-refractivity contribution in [3.05, 3.63) is 42.5 Å². The predicted molar refractivity (Wildman–Crippen MR) is 82.9 cm³/mol. The van der Waals surface area contributed by atoms with Gasteiger partial charge in [0.15, 0.2) is 11.5 Å². The van der Waals surface area contributed by atoms with Gasteiger partial charge in [0, 0.05) is 12.5 Å². The van der Waals surface area contributed by atoms with Crippen molar-refractivity contribution in [1.82, 2.24) is 0 Å². The molecule has 1 aliphatic rings. The Hall–Kier alpha value is -2.41. The Morgan fingerprint density at radius 2 is 1.57 bits per heavy atom. The van der Waals surface area contributed by atoms with Crippen molar-refractivity contribution in [2.75, 3.05) is 20.3 Å². The maximum Gasteiger partial charge on any atom is 0.339 e. The second-order valence-electron chi connectivity index (χ2n) is 4.87. The molecular formula is C16H16O6S. The molecule has 0 atom stereocenters. The van der Waals surface area contributed by atoms with E-state index in [1.807, 2.05) is 0 Å². The highest BCUT2D eigenvalue weighted by molar-refractivity contribution is 7.87. The average molecular weight is 336 g/mol. The van der Waals surface area contributed by atoms with Gasteiger partial charge in [0.05, 0.1) is 20.3 Å². The highest BCUT2D eigenvalue weighted by atomic mass is 32.2. The zero-order valence-corrected chi connectivity index (χ0v) is 13.3. The normalized spacial score (nSPS) is 14.0. The van der Waals surface area contributed by atoms with Crippen LogP contribution in [0.2, 0.25) is 0 Å². The molecule has 0 spiro atoms. The number of hydrogen-bond donors (Lipinski definition) is 0. The Balaban J connectivity index is 1.85. The third kappa shape index (κ3) is 3.50. The van der Waals surface area contributed by atoms with E-state index in [-0.39, 0.29) is 10.6 Å². The molecule has 0 amide bonds. The van der Waals surface area contributed by atoms with Crippen molar-refractivity contribution in [1.29, 1.82) is 0 Å². The molecule has 0 radical (unpaired) electrons. The van der Waals surface area contributed by atoms with Crippen LogP contribution in [-0.4, -0.2) is 28.7 Å². The van der Waals surface area contributed by atoms with Crippen LogP contribution in [0.1, 0.15) is 6.42 Å². The summed E-state index contributed by atoms with van der Waals surface area (Å²) in [6.45, 7) is 1.03. The number of benzene rings is 2. The molecule has 0 fully saturated rings. The van der Waals surface area contributed by atoms with Gasteiger partial charge in [-0.3, -0.25) is 0 Å². The van der Waals surface area contributed by atoms with Crippen LogP contribution in [0.3, 0.4) is 0 Å². The molecule has 0 saturated heterocycles. The largest absolute Gasteiger partial charge is 0.497 e. The lowest BCUT2D eigenvalue weighted by Gasteiger charge is -2.11. The molecule has 3 rings (SSSR count). The first-order valence-corrected chi connectivity index (χ1v) is 8.47. The second kappa shape index (κ2) is 6.37. The fraction of sp³-hybridized carbons (Fsp3) is 0.250. The van der Waals surface area contributed by atoms with Gasteiger partial charge in [0.1, 0.15) is 16.4 Å². The average Bonchev–Trinajstić information content (AvgIpc) is 2.80. The van der Waals surface area contributed by atoms with E-state index in [1.165, 1.54) is 31.4 Å². The summed E-state index contributed by atoms with van der Waals surface area (Å²) in [7, 11) is -2.42. The Labute approximate surface area is 134 Å². The summed E-state index contributed by atoms with van der Waals surface area (Å²) in [6.07, 6.45) is 0.749. The lowest BCUT2D eigenvalue weighted by Crippen LogP contribution is -2.10. The minimum absolute atomic E-state index is 0.0116. The van der Waals surface area contributed by atoms with E-state index in [1.54, 1.807) is 18.2 Å². The van der Waals surface area contributed by atoms with Crippen molar-refractivity contribution in [2.45, 2.75) is 11.3 Å². The third-order valence-electron chi connectivity index (χ3n) is 3.27. The van der Waals surface area contributed by atoms with E-state index in [0.717, 1.165) is 6.42 Å². The summed E-state index contributed by atoms with van der Waals surface area (Å²) in [5.74, 6) is 1.76. The van der Waals surface area contributed by atoms with Crippen molar-refractivity contribution in [3.8, 4) is 23.0 Å². The van der Waals surface area contributed by atoms with Crippen LogP contribution in [0.4, 0.5) is 0 Å². The smallest absolute Gasteiger partial charge is 0.339 e. The molecule has 23 heavy (non-hydrogen) atoms. The molecule has 2 aromatic carbocycles. The summed E-state index contributed by atoms with van der Waals surface area (Å²) in [5, 5.41) is 0. The van der Waals surface area contributed by atoms with Crippen molar-refractivity contribution in [3.63, 3.8) is 0 Å². The molecular weight excluding hydrogens is 320 g/mol. The van der Waals surface area contributed by atoms with E-state index in [0.29, 0.717) is 30.5 Å². The molecule has 1 heterocycles. The number of rotatable bonds is 4. The first kappa shape index (κ1) is 15.5. The molecule has 0 aliphatic carbocycles. The van der Waals surface area contributed by atoms with E-state index in [2.05, 4.69) is 0 Å². The summed E-state index contributed by atoms with van der Waals surface area (Å²) >= 11 is 0. The van der Waals surface area contributed by atoms with E-state index >= 15 is 0 Å². The van der Waals surface area contributed by atoms with Crippen LogP contribution >= 0.6 is 0 Å². The highest BCUT2D eigenvalue weighted by Crippen LogP contribution is 2.32. The number of methoxy groups -OCH3 is 1. The molecule has 122 valence electrons. The summed E-state index contributed by atoms with van der Waals surface area (Å²) < 4.78 is 45.9. The van der Waals surface area contributed by atoms with Gasteiger partial charge in [-0.2, -0.15) is 8.42 Å². The first-order chi connectivity index (χ1) is 11.1. The van der Waals surface area contributed by atoms with Gasteiger partial charge in [0.2, 0.25) is 0 Å². The topological polar surface area (TPSA) is 71.1 Å². The van der Waals surface area contributed by atoms with Gasteiger partial charge in [-0.25, -0.2) is 0 Å². The molecule has 0 aromatic heterocycles. The number of hydrogen-bond acceptors (Lipinski definition) is 6. The summed E-state index contributed by atoms with van der Waals surface area (Å²) in [6, 6.07) is 10.7. The Bertz CT molecular complexity index is 783. The second-order valence-corrected chi connectivity index (χ2v) is 6.42. The van der Waals surface area contributed by atoms with E-state index in [9.17, 15) is 8.42 Å². The van der Waals surface area contributed by atoms with Gasteiger partial charge < -0.3 is 18.4 Å². The SMILES string of the molecule is COc1ccc(OS(=O)(=O)c2ccc3c(c2)OCCCO3)cc1. The van der Waals surface area contributed by atoms with Crippen LogP contribution < -0.4 is 18.4 Å². The van der Waals surface area contributed by atoms with Gasteiger partial charge >= 0.3 is 10.1 Å². The number of ether oxygens (including phenoxy) is 3. The molecule has 7 heteroatoms. The fourth-order valence-electron chi connectivity index (χ4n) is 2.11. The zero-order valence-electron chi connectivity index (χ0n) is 12.5. The molecule has 6 nitrogen and oxygen atoms in total. The third-order valence-corrected chi connectivity index (χ3v) is 4.52. The predicted octanol–water partition coefficient (Wildman–Crippen LogP) is 2.62. The van der Waals surface area contributed by atoms with Crippen molar-refractivity contribution < 1.29 is 26.8 Å². The van der Waals surface area contributed by atoms with Gasteiger partial charge in [-0.05, 0) is 36.4 Å². The molecule has 0 unspecified atom stereocenters. The highest BCUT2D eigenvalue weighted by Gasteiger charge is 2.20. The molecule has 1 aliphatic heterocycles. The first-order valence-electron chi connectivity index (χ1n) is 7.07. The monoisotopic (exact) mass is 336 g/mol. The Kier molecular flexibility index (Phi) is 4.29. The van der Waals surface area contributed by atoms with Crippen molar-refractivity contribution in [2.24, 2.45) is 0 Å². The fourth-order valence-corrected chi connectivity index (χ4v) is 3.05. The lowest BCUT2D eigenvalue weighted by molar-refractivity contribution is 0.296. The van der Waals surface area contributed by atoms with Gasteiger partial charge in [-0.15, -0.1) is 0 Å². The molecule has 0 N–H and O–H groups in total. The number of fused-ring (bicyclic) bond motifs is 1. The van der Waals surface area contributed by atoms with Crippen LogP contribution in [0, 0.1) is 0 Å². The van der Waals surface area contributed by atoms with Crippen LogP contribution in [0.15, 0.2) is 47.4 Å². The van der Waals surface area contributed by atoms with Crippen LogP contribution in [0.5, 0.6) is 23.0 Å². The van der Waals surface area contributed by atoms with Crippen LogP contribution in [-0.2, 0) is 10.1 Å². The molecule has 0 saturated carbocycles. The Morgan fingerprint density at radius 1 is 0.913 bits per heavy atom. The maximum atomic E-state index is 12.4. The lowest BCUT2D eigenvalue weighted by atomic mass is 10.3. The minimum Gasteiger partial charge on any atom is -0.497 e. The van der Waals surface area contributed by atoms with Crippen LogP contribution in [0.25, 0.3) is 0 Å². The summed E-state index contributed by atoms with van der Waals surface area (Å²) in [4.78, 5) is 0.0116. The minimum atomic E-state index is -3.95. The molecule has 0 bridgehead atoms. The summed E-state index contributed by atoms with van der Waals surface area (Å²) in [5.41, 5.74) is 0. The van der Waals surface area contributed by atoms with Gasteiger partial charge in [-0.1, -0.05) is 0 Å². The molecule has 2 aromatic rings. The zero-order chi connectivity index (χ0) is 16.3. The Morgan fingerprint density at radius 3 is 2.26 bits per heavy atom. The maximum absolute atomic E-state index is 12.4. The van der Waals surface area contributed by atoms with E-state index < -0.39 is 10.1 Å². The van der Waals surface area contributed by atoms with Gasteiger partial charge in [0.25, 0.3) is 0 Å². The van der Waals surface area contributed by atoms with E-state index in [4.69, 9.17) is 18.4 Å². The quantitative estimate of drug-likeness (QED) is 0.799.